The summed E-state index contributed by atoms with van der Waals surface area (Å²) in [6.45, 7) is -0.268. The number of nitrogens with two attached hydrogens (primary N) is 2. The monoisotopic (exact) mass is 211 g/mol. The molecule has 1 aromatic carbocycles. The maximum absolute atomic E-state index is 12.7. The van der Waals surface area contributed by atoms with E-state index >= 15 is 0 Å². The molecule has 15 heavy (non-hydrogen) atoms. The van der Waals surface area contributed by atoms with Gasteiger partial charge in [0.25, 0.3) is 5.91 Å². The number of primary amides is 1. The molecule has 0 saturated carbocycles. The lowest BCUT2D eigenvalue weighted by molar-refractivity contribution is -0.117. The molecule has 0 fully saturated rings. The Kier molecular flexibility index (Phi) is 3.22. The predicted octanol–water partition coefficient (Wildman–Crippen LogP) is -0.377. The van der Waals surface area contributed by atoms with Gasteiger partial charge in [-0.3, -0.25) is 9.59 Å². The van der Waals surface area contributed by atoms with Gasteiger partial charge in [0, 0.05) is 5.56 Å². The minimum absolute atomic E-state index is 0.123. The van der Waals surface area contributed by atoms with Gasteiger partial charge in [0.15, 0.2) is 0 Å². The summed E-state index contributed by atoms with van der Waals surface area (Å²) in [4.78, 5) is 21.7. The van der Waals surface area contributed by atoms with Gasteiger partial charge in [-0.1, -0.05) is 0 Å². The summed E-state index contributed by atoms with van der Waals surface area (Å²) in [6.07, 6.45) is 0. The van der Waals surface area contributed by atoms with Crippen LogP contribution in [-0.4, -0.2) is 18.4 Å². The molecule has 2 amide bonds. The van der Waals surface area contributed by atoms with Crippen LogP contribution in [0.3, 0.4) is 0 Å². The third-order valence-electron chi connectivity index (χ3n) is 1.68. The highest BCUT2D eigenvalue weighted by Gasteiger charge is 2.08. The first-order valence-corrected chi connectivity index (χ1v) is 4.12. The van der Waals surface area contributed by atoms with Gasteiger partial charge in [-0.2, -0.15) is 0 Å². The maximum atomic E-state index is 12.7. The van der Waals surface area contributed by atoms with Crippen molar-refractivity contribution in [3.05, 3.63) is 29.6 Å². The van der Waals surface area contributed by atoms with E-state index in [9.17, 15) is 14.0 Å². The van der Waals surface area contributed by atoms with Crippen LogP contribution in [0.1, 0.15) is 10.4 Å². The van der Waals surface area contributed by atoms with Crippen LogP contribution in [0.25, 0.3) is 0 Å². The highest BCUT2D eigenvalue weighted by atomic mass is 19.1. The maximum Gasteiger partial charge on any atom is 0.251 e. The van der Waals surface area contributed by atoms with Crippen molar-refractivity contribution in [2.75, 3.05) is 12.3 Å². The minimum Gasteiger partial charge on any atom is -0.396 e. The Balaban J connectivity index is 2.74. The molecule has 5 nitrogen and oxygen atoms in total. The molecule has 0 spiro atoms. The molecular formula is C9H10FN3O2. The highest BCUT2D eigenvalue weighted by Crippen LogP contribution is 2.11. The highest BCUT2D eigenvalue weighted by molar-refractivity contribution is 5.96. The molecule has 0 unspecified atom stereocenters. The molecule has 0 aromatic heterocycles. The number of halogens is 1. The molecule has 1 aromatic rings. The average molecular weight is 211 g/mol. The van der Waals surface area contributed by atoms with Gasteiger partial charge in [-0.15, -0.1) is 0 Å². The Labute approximate surface area is 85.2 Å². The summed E-state index contributed by atoms with van der Waals surface area (Å²) in [6, 6.07) is 3.53. The van der Waals surface area contributed by atoms with Crippen LogP contribution in [-0.2, 0) is 4.79 Å². The Morgan fingerprint density at radius 1 is 1.40 bits per heavy atom. The lowest BCUT2D eigenvalue weighted by atomic mass is 10.2. The summed E-state index contributed by atoms with van der Waals surface area (Å²) < 4.78 is 12.7. The van der Waals surface area contributed by atoms with Crippen LogP contribution in [0.4, 0.5) is 10.1 Å². The predicted molar refractivity (Wildman–Crippen MR) is 52.3 cm³/mol. The first-order valence-electron chi connectivity index (χ1n) is 4.12. The van der Waals surface area contributed by atoms with Gasteiger partial charge in [0.05, 0.1) is 12.2 Å². The Hall–Kier alpha value is -2.11. The van der Waals surface area contributed by atoms with Crippen molar-refractivity contribution in [1.29, 1.82) is 0 Å². The summed E-state index contributed by atoms with van der Waals surface area (Å²) >= 11 is 0. The first-order chi connectivity index (χ1) is 7.00. The van der Waals surface area contributed by atoms with Crippen molar-refractivity contribution in [2.45, 2.75) is 0 Å². The van der Waals surface area contributed by atoms with E-state index in [0.717, 1.165) is 6.07 Å². The minimum atomic E-state index is -0.654. The normalized spacial score (nSPS) is 9.67. The molecule has 0 aliphatic rings. The molecule has 0 bridgehead atoms. The molecule has 5 N–H and O–H groups in total. The Morgan fingerprint density at radius 3 is 2.60 bits per heavy atom. The largest absolute Gasteiger partial charge is 0.396 e. The standard InChI is InChI=1S/C9H10FN3O2/c10-6-2-1-5(3-7(6)11)9(15)13-4-8(12)14/h1-3H,4,11H2,(H2,12,14)(H,13,15). The number of anilines is 1. The van der Waals surface area contributed by atoms with Crippen molar-refractivity contribution in [2.24, 2.45) is 5.73 Å². The van der Waals surface area contributed by atoms with Gasteiger partial charge in [0.2, 0.25) is 5.91 Å². The molecule has 0 aliphatic carbocycles. The zero-order valence-corrected chi connectivity index (χ0v) is 7.79. The summed E-state index contributed by atoms with van der Waals surface area (Å²) in [5, 5.41) is 2.25. The second-order valence-electron chi connectivity index (χ2n) is 2.89. The smallest absolute Gasteiger partial charge is 0.251 e. The number of carbonyl (C=O) groups is 2. The zero-order valence-electron chi connectivity index (χ0n) is 7.79. The first kappa shape index (κ1) is 11.0. The molecular weight excluding hydrogens is 201 g/mol. The molecule has 0 aliphatic heterocycles. The van der Waals surface area contributed by atoms with Gasteiger partial charge in [-0.25, -0.2) is 4.39 Å². The van der Waals surface area contributed by atoms with E-state index in [4.69, 9.17) is 11.5 Å². The van der Waals surface area contributed by atoms with Crippen LogP contribution in [0, 0.1) is 5.82 Å². The van der Waals surface area contributed by atoms with Crippen LogP contribution in [0.2, 0.25) is 0 Å². The molecule has 0 heterocycles. The van der Waals surface area contributed by atoms with Crippen molar-refractivity contribution < 1.29 is 14.0 Å². The summed E-state index contributed by atoms with van der Waals surface area (Å²) in [7, 11) is 0. The number of hydrogen-bond acceptors (Lipinski definition) is 3. The van der Waals surface area contributed by atoms with Gasteiger partial charge >= 0.3 is 0 Å². The fourth-order valence-corrected chi connectivity index (χ4v) is 0.954. The van der Waals surface area contributed by atoms with Crippen molar-refractivity contribution >= 4 is 17.5 Å². The van der Waals surface area contributed by atoms with Crippen LogP contribution in [0.15, 0.2) is 18.2 Å². The number of hydrogen-bond donors (Lipinski definition) is 3. The average Bonchev–Trinajstić information content (AvgIpc) is 2.18. The Morgan fingerprint density at radius 2 is 2.07 bits per heavy atom. The fraction of sp³-hybridized carbons (Fsp3) is 0.111. The van der Waals surface area contributed by atoms with E-state index in [1.165, 1.54) is 12.1 Å². The molecule has 6 heteroatoms. The number of rotatable bonds is 3. The quantitative estimate of drug-likeness (QED) is 0.594. The third-order valence-corrected chi connectivity index (χ3v) is 1.68. The molecule has 1 rings (SSSR count). The number of nitrogens with one attached hydrogen (secondary N) is 1. The summed E-state index contributed by atoms with van der Waals surface area (Å²) in [5.74, 6) is -1.78. The van der Waals surface area contributed by atoms with E-state index in [1.807, 2.05) is 0 Å². The lowest BCUT2D eigenvalue weighted by Gasteiger charge is -2.03. The van der Waals surface area contributed by atoms with Gasteiger partial charge in [-0.05, 0) is 18.2 Å². The topological polar surface area (TPSA) is 98.2 Å². The van der Waals surface area contributed by atoms with Crippen LogP contribution >= 0.6 is 0 Å². The van der Waals surface area contributed by atoms with E-state index in [2.05, 4.69) is 5.32 Å². The number of carbonyl (C=O) groups excluding carboxylic acids is 2. The van der Waals surface area contributed by atoms with E-state index < -0.39 is 17.6 Å². The fourth-order valence-electron chi connectivity index (χ4n) is 0.954. The zero-order chi connectivity index (χ0) is 11.4. The second-order valence-corrected chi connectivity index (χ2v) is 2.89. The number of benzene rings is 1. The number of nitrogen functional groups attached to an aromatic ring is 1. The number of amides is 2. The van der Waals surface area contributed by atoms with Crippen molar-refractivity contribution in [3.63, 3.8) is 0 Å². The van der Waals surface area contributed by atoms with E-state index in [1.54, 1.807) is 0 Å². The van der Waals surface area contributed by atoms with Crippen LogP contribution < -0.4 is 16.8 Å². The van der Waals surface area contributed by atoms with E-state index in [0.29, 0.717) is 0 Å². The van der Waals surface area contributed by atoms with Crippen molar-refractivity contribution in [1.82, 2.24) is 5.32 Å². The second kappa shape index (κ2) is 4.41. The van der Waals surface area contributed by atoms with Crippen molar-refractivity contribution in [3.8, 4) is 0 Å². The Bertz CT molecular complexity index is 406. The van der Waals surface area contributed by atoms with Crippen LogP contribution in [0.5, 0.6) is 0 Å². The molecule has 0 radical (unpaired) electrons. The molecule has 0 saturated heterocycles. The van der Waals surface area contributed by atoms with E-state index in [-0.39, 0.29) is 17.8 Å². The molecule has 0 atom stereocenters. The lowest BCUT2D eigenvalue weighted by Crippen LogP contribution is -2.33. The summed E-state index contributed by atoms with van der Waals surface area (Å²) in [5.41, 5.74) is 10.2. The van der Waals surface area contributed by atoms with Gasteiger partial charge in [0.1, 0.15) is 5.82 Å². The third kappa shape index (κ3) is 2.94. The molecule has 80 valence electrons. The van der Waals surface area contributed by atoms with Gasteiger partial charge < -0.3 is 16.8 Å². The SMILES string of the molecule is NC(=O)CNC(=O)c1ccc(F)c(N)c1.